The van der Waals surface area contributed by atoms with Crippen molar-refractivity contribution >= 4 is 11.9 Å². The summed E-state index contributed by atoms with van der Waals surface area (Å²) in [5.41, 5.74) is 0. The third-order valence-corrected chi connectivity index (χ3v) is 17.4. The Morgan fingerprint density at radius 2 is 0.526 bits per heavy atom. The first-order chi connectivity index (χ1) is 38.5. The standard InChI is InChI=1S/C72H143NO5/c1-3-5-7-9-11-13-15-17-18-19-35-38-42-46-50-54-58-62-66-72(77)78-67-63-59-55-51-47-43-39-36-33-31-29-27-25-23-21-20-22-24-26-28-30-32-34-37-41-45-49-53-57-61-65-71(76)73-69(68-74)70(75)64-60-56-52-48-44-40-16-14-12-10-8-6-4-2/h69-70,74-75H,3-68H2,1-2H3,(H,73,76). The molecule has 0 fully saturated rings. The molecule has 0 aliphatic carbocycles. The molecule has 0 rings (SSSR count). The normalized spacial score (nSPS) is 12.4. The Morgan fingerprint density at radius 1 is 0.308 bits per heavy atom. The van der Waals surface area contributed by atoms with Gasteiger partial charge in [-0.15, -0.1) is 0 Å². The average molecular weight is 1100 g/mol. The largest absolute Gasteiger partial charge is 0.466 e. The van der Waals surface area contributed by atoms with Crippen molar-refractivity contribution in [2.24, 2.45) is 0 Å². The van der Waals surface area contributed by atoms with Crippen molar-refractivity contribution in [2.75, 3.05) is 13.2 Å². The van der Waals surface area contributed by atoms with Gasteiger partial charge in [0.1, 0.15) is 0 Å². The molecule has 3 N–H and O–H groups in total. The van der Waals surface area contributed by atoms with Crippen LogP contribution < -0.4 is 5.32 Å². The van der Waals surface area contributed by atoms with E-state index in [0.717, 1.165) is 38.5 Å². The summed E-state index contributed by atoms with van der Waals surface area (Å²) >= 11 is 0. The maximum Gasteiger partial charge on any atom is 0.305 e. The molecule has 0 bridgehead atoms. The van der Waals surface area contributed by atoms with E-state index < -0.39 is 12.1 Å². The second-order valence-electron chi connectivity index (χ2n) is 25.3. The zero-order chi connectivity index (χ0) is 56.4. The predicted octanol–water partition coefficient (Wildman–Crippen LogP) is 23.4. The van der Waals surface area contributed by atoms with Gasteiger partial charge in [0.05, 0.1) is 25.4 Å². The monoisotopic (exact) mass is 1100 g/mol. The number of amides is 1. The van der Waals surface area contributed by atoms with Crippen molar-refractivity contribution in [3.05, 3.63) is 0 Å². The van der Waals surface area contributed by atoms with Gasteiger partial charge in [0, 0.05) is 12.8 Å². The lowest BCUT2D eigenvalue weighted by molar-refractivity contribution is -0.143. The molecule has 0 heterocycles. The summed E-state index contributed by atoms with van der Waals surface area (Å²) < 4.78 is 5.52. The van der Waals surface area contributed by atoms with Crippen LogP contribution in [0.15, 0.2) is 0 Å². The molecule has 1 amide bonds. The fourth-order valence-corrected chi connectivity index (χ4v) is 11.9. The fraction of sp³-hybridized carbons (Fsp3) is 0.972. The summed E-state index contributed by atoms with van der Waals surface area (Å²) in [5.74, 6) is -0.00232. The molecule has 0 saturated heterocycles. The smallest absolute Gasteiger partial charge is 0.305 e. The van der Waals surface area contributed by atoms with Crippen LogP contribution in [0.5, 0.6) is 0 Å². The number of nitrogens with one attached hydrogen (secondary N) is 1. The molecular formula is C72H143NO5. The van der Waals surface area contributed by atoms with Gasteiger partial charge in [0.15, 0.2) is 0 Å². The average Bonchev–Trinajstić information content (AvgIpc) is 3.44. The third-order valence-electron chi connectivity index (χ3n) is 17.4. The van der Waals surface area contributed by atoms with Crippen LogP contribution in [0.2, 0.25) is 0 Å². The molecule has 0 spiro atoms. The molecule has 6 nitrogen and oxygen atoms in total. The third kappa shape index (κ3) is 64.0. The van der Waals surface area contributed by atoms with Crippen molar-refractivity contribution in [1.29, 1.82) is 0 Å². The highest BCUT2D eigenvalue weighted by Gasteiger charge is 2.20. The first-order valence-electron chi connectivity index (χ1n) is 36.3. The van der Waals surface area contributed by atoms with Crippen LogP contribution in [0.3, 0.4) is 0 Å². The Labute approximate surface area is 489 Å². The minimum atomic E-state index is -0.659. The van der Waals surface area contributed by atoms with Gasteiger partial charge in [-0.1, -0.05) is 386 Å². The van der Waals surface area contributed by atoms with Crippen LogP contribution >= 0.6 is 0 Å². The zero-order valence-electron chi connectivity index (χ0n) is 53.4. The Kier molecular flexibility index (Phi) is 67.4. The fourth-order valence-electron chi connectivity index (χ4n) is 11.9. The lowest BCUT2D eigenvalue weighted by Gasteiger charge is -2.22. The number of hydrogen-bond donors (Lipinski definition) is 3. The van der Waals surface area contributed by atoms with Crippen molar-refractivity contribution in [3.8, 4) is 0 Å². The summed E-state index contributed by atoms with van der Waals surface area (Å²) in [6.07, 6.45) is 83.1. The van der Waals surface area contributed by atoms with E-state index in [-0.39, 0.29) is 18.5 Å². The number of rotatable bonds is 69. The van der Waals surface area contributed by atoms with Crippen molar-refractivity contribution < 1.29 is 24.5 Å². The molecule has 0 radical (unpaired) electrons. The first-order valence-corrected chi connectivity index (χ1v) is 36.3. The maximum atomic E-state index is 12.5. The minimum Gasteiger partial charge on any atom is -0.466 e. The Balaban J connectivity index is 3.29. The van der Waals surface area contributed by atoms with Gasteiger partial charge in [0.25, 0.3) is 0 Å². The number of carbonyl (C=O) groups excluding carboxylic acids is 2. The number of esters is 1. The van der Waals surface area contributed by atoms with Gasteiger partial charge in [0.2, 0.25) is 5.91 Å². The van der Waals surface area contributed by atoms with E-state index in [4.69, 9.17) is 4.74 Å². The summed E-state index contributed by atoms with van der Waals surface area (Å²) in [6.45, 7) is 5.00. The van der Waals surface area contributed by atoms with Crippen molar-refractivity contribution in [2.45, 2.75) is 437 Å². The number of hydrogen-bond acceptors (Lipinski definition) is 5. The molecule has 0 saturated carbocycles. The Morgan fingerprint density at radius 3 is 0.782 bits per heavy atom. The van der Waals surface area contributed by atoms with Gasteiger partial charge < -0.3 is 20.3 Å². The van der Waals surface area contributed by atoms with Crippen LogP contribution in [0.1, 0.15) is 425 Å². The molecule has 6 heteroatoms. The second-order valence-corrected chi connectivity index (χ2v) is 25.3. The van der Waals surface area contributed by atoms with E-state index in [1.807, 2.05) is 0 Å². The van der Waals surface area contributed by atoms with E-state index in [1.54, 1.807) is 0 Å². The molecule has 2 atom stereocenters. The molecule has 2 unspecified atom stereocenters. The number of unbranched alkanes of at least 4 members (excludes halogenated alkanes) is 58. The lowest BCUT2D eigenvalue weighted by Crippen LogP contribution is -2.45. The van der Waals surface area contributed by atoms with Gasteiger partial charge >= 0.3 is 5.97 Å². The molecule has 0 aromatic rings. The molecule has 78 heavy (non-hydrogen) atoms. The summed E-state index contributed by atoms with van der Waals surface area (Å²) in [4.78, 5) is 24.6. The molecular weight excluding hydrogens is 959 g/mol. The summed E-state index contributed by atoms with van der Waals surface area (Å²) in [7, 11) is 0. The molecule has 0 aromatic heterocycles. The van der Waals surface area contributed by atoms with Gasteiger partial charge in [-0.2, -0.15) is 0 Å². The van der Waals surface area contributed by atoms with Crippen LogP contribution in [0, 0.1) is 0 Å². The molecule has 0 aromatic carbocycles. The van der Waals surface area contributed by atoms with Gasteiger partial charge in [-0.3, -0.25) is 9.59 Å². The number of carbonyl (C=O) groups is 2. The highest BCUT2D eigenvalue weighted by Crippen LogP contribution is 2.20. The lowest BCUT2D eigenvalue weighted by atomic mass is 10.0. The second kappa shape index (κ2) is 68.4. The van der Waals surface area contributed by atoms with Crippen LogP contribution in [0.25, 0.3) is 0 Å². The van der Waals surface area contributed by atoms with Gasteiger partial charge in [-0.05, 0) is 25.7 Å². The van der Waals surface area contributed by atoms with Crippen molar-refractivity contribution in [1.82, 2.24) is 5.32 Å². The highest BCUT2D eigenvalue weighted by atomic mass is 16.5. The number of aliphatic hydroxyl groups is 2. The van der Waals surface area contributed by atoms with E-state index >= 15 is 0 Å². The van der Waals surface area contributed by atoms with Gasteiger partial charge in [-0.25, -0.2) is 0 Å². The predicted molar refractivity (Wildman–Crippen MR) is 343 cm³/mol. The summed E-state index contributed by atoms with van der Waals surface area (Å²) in [5, 5.41) is 23.3. The van der Waals surface area contributed by atoms with Crippen molar-refractivity contribution in [3.63, 3.8) is 0 Å². The van der Waals surface area contributed by atoms with Crippen LogP contribution in [0.4, 0.5) is 0 Å². The SMILES string of the molecule is CCCCCCCCCCCCCCCCCCCCC(=O)OCCCCCCCCCCCCCCCCCCCCCCCCCCCCCCCCC(=O)NC(CO)C(O)CCCCCCCCCCCCCCC. The van der Waals surface area contributed by atoms with E-state index in [2.05, 4.69) is 19.2 Å². The number of ether oxygens (including phenoxy) is 1. The van der Waals surface area contributed by atoms with E-state index in [9.17, 15) is 19.8 Å². The molecule has 466 valence electrons. The molecule has 0 aliphatic heterocycles. The quantitative estimate of drug-likeness (QED) is 0.0417. The van der Waals surface area contributed by atoms with E-state index in [1.165, 1.54) is 353 Å². The number of aliphatic hydroxyl groups excluding tert-OH is 2. The van der Waals surface area contributed by atoms with Crippen LogP contribution in [-0.4, -0.2) is 47.4 Å². The highest BCUT2D eigenvalue weighted by molar-refractivity contribution is 5.76. The minimum absolute atomic E-state index is 0.0258. The topological polar surface area (TPSA) is 95.9 Å². The Bertz CT molecular complexity index is 1130. The first kappa shape index (κ1) is 76.9. The van der Waals surface area contributed by atoms with Crippen LogP contribution in [-0.2, 0) is 14.3 Å². The molecule has 0 aliphatic rings. The zero-order valence-corrected chi connectivity index (χ0v) is 53.4. The summed E-state index contributed by atoms with van der Waals surface area (Å²) in [6, 6.07) is -0.536. The van der Waals surface area contributed by atoms with E-state index in [0.29, 0.717) is 25.9 Å². The maximum absolute atomic E-state index is 12.5. The Hall–Kier alpha value is -1.14.